The quantitative estimate of drug-likeness (QED) is 0.225. The topological polar surface area (TPSA) is 138 Å². The molecule has 3 N–H and O–H groups in total. The molecule has 0 aliphatic carbocycles. The first-order valence-corrected chi connectivity index (χ1v) is 16.2. The zero-order chi connectivity index (χ0) is 33.8. The third-order valence-electron chi connectivity index (χ3n) is 9.40. The van der Waals surface area contributed by atoms with Crippen LogP contribution in [0.5, 0.6) is 0 Å². The zero-order valence-corrected chi connectivity index (χ0v) is 28.6. The molecule has 0 aromatic heterocycles. The van der Waals surface area contributed by atoms with Crippen LogP contribution < -0.4 is 10.6 Å². The minimum Gasteiger partial charge on any atom is -0.480 e. The summed E-state index contributed by atoms with van der Waals surface area (Å²) in [4.78, 5) is 56.3. The minimum absolute atomic E-state index is 0.0439. The summed E-state index contributed by atoms with van der Waals surface area (Å²) in [5.41, 5.74) is 0.801. The van der Waals surface area contributed by atoms with Crippen LogP contribution in [0.3, 0.4) is 0 Å². The summed E-state index contributed by atoms with van der Waals surface area (Å²) in [6, 6.07) is 6.99. The number of carboxylic acids is 1. The van der Waals surface area contributed by atoms with E-state index in [1.165, 1.54) is 7.11 Å². The molecule has 1 heterocycles. The number of likely N-dealkylation sites (N-methyl/N-ethyl adjacent to an activating group) is 2. The smallest absolute Gasteiger partial charge is 0.326 e. The monoisotopic (exact) mass is 632 g/mol. The van der Waals surface area contributed by atoms with Crippen molar-refractivity contribution in [3.05, 3.63) is 35.9 Å². The fourth-order valence-electron chi connectivity index (χ4n) is 6.62. The van der Waals surface area contributed by atoms with E-state index >= 15 is 0 Å². The standard InChI is InChI=1S/C34H56N4O7/c1-10-22(4)30(37(7)33(41)29(35-6)21(2)3)27(44-8)20-28(39)38-18-14-17-26(38)31(45-9)23(5)32(40)36-25(34(42)43)19-24-15-12-11-13-16-24/h11-13,15-16,21-23,25-27,29-31,35H,10,14,17-20H2,1-9H3,(H,36,40)(H,42,43)/t22-,23+,25-,26-,27+,29-,30-,31+/m0/s1. The number of ether oxygens (including phenoxy) is 2. The number of aliphatic carboxylic acids is 1. The van der Waals surface area contributed by atoms with E-state index in [0.717, 1.165) is 18.4 Å². The van der Waals surface area contributed by atoms with Gasteiger partial charge in [-0.2, -0.15) is 0 Å². The molecule has 1 saturated heterocycles. The number of benzene rings is 1. The highest BCUT2D eigenvalue weighted by atomic mass is 16.5. The van der Waals surface area contributed by atoms with Gasteiger partial charge in [0.05, 0.1) is 42.7 Å². The van der Waals surface area contributed by atoms with Gasteiger partial charge in [0.15, 0.2) is 0 Å². The van der Waals surface area contributed by atoms with Crippen molar-refractivity contribution in [1.29, 1.82) is 0 Å². The van der Waals surface area contributed by atoms with Crippen LogP contribution in [-0.2, 0) is 35.1 Å². The largest absolute Gasteiger partial charge is 0.480 e. The maximum absolute atomic E-state index is 13.9. The number of nitrogens with zero attached hydrogens (tertiary/aromatic N) is 2. The van der Waals surface area contributed by atoms with Crippen LogP contribution in [0.15, 0.2) is 30.3 Å². The van der Waals surface area contributed by atoms with Gasteiger partial charge in [-0.25, -0.2) is 4.79 Å². The Bertz CT molecular complexity index is 1100. The molecule has 0 saturated carbocycles. The van der Waals surface area contributed by atoms with E-state index in [-0.39, 0.29) is 54.6 Å². The number of rotatable bonds is 18. The van der Waals surface area contributed by atoms with Crippen LogP contribution in [0.2, 0.25) is 0 Å². The second-order valence-electron chi connectivity index (χ2n) is 12.7. The Balaban J connectivity index is 2.21. The third-order valence-corrected chi connectivity index (χ3v) is 9.40. The van der Waals surface area contributed by atoms with Crippen molar-refractivity contribution in [2.24, 2.45) is 17.8 Å². The summed E-state index contributed by atoms with van der Waals surface area (Å²) in [7, 11) is 6.64. The average molecular weight is 633 g/mol. The van der Waals surface area contributed by atoms with Crippen LogP contribution >= 0.6 is 0 Å². The first kappa shape index (κ1) is 38.2. The van der Waals surface area contributed by atoms with Crippen molar-refractivity contribution in [1.82, 2.24) is 20.4 Å². The van der Waals surface area contributed by atoms with E-state index in [2.05, 4.69) is 24.5 Å². The molecule has 0 unspecified atom stereocenters. The molecule has 0 spiro atoms. The molecule has 0 radical (unpaired) electrons. The molecule has 0 bridgehead atoms. The number of hydrogen-bond acceptors (Lipinski definition) is 7. The van der Waals surface area contributed by atoms with Crippen molar-refractivity contribution < 1.29 is 33.8 Å². The van der Waals surface area contributed by atoms with Crippen molar-refractivity contribution >= 4 is 23.7 Å². The predicted octanol–water partition coefficient (Wildman–Crippen LogP) is 2.96. The maximum atomic E-state index is 13.9. The van der Waals surface area contributed by atoms with E-state index in [0.29, 0.717) is 13.0 Å². The van der Waals surface area contributed by atoms with Gasteiger partial charge in [-0.15, -0.1) is 0 Å². The molecular formula is C34H56N4O7. The Morgan fingerprint density at radius 2 is 1.71 bits per heavy atom. The normalized spacial score (nSPS) is 19.7. The molecule has 254 valence electrons. The van der Waals surface area contributed by atoms with Gasteiger partial charge in [0, 0.05) is 34.2 Å². The zero-order valence-electron chi connectivity index (χ0n) is 28.6. The number of carbonyl (C=O) groups excluding carboxylic acids is 3. The molecule has 2 rings (SSSR count). The first-order chi connectivity index (χ1) is 21.3. The van der Waals surface area contributed by atoms with Crippen LogP contribution in [0, 0.1) is 17.8 Å². The van der Waals surface area contributed by atoms with Crippen molar-refractivity contribution in [2.75, 3.05) is 34.9 Å². The minimum atomic E-state index is -1.12. The van der Waals surface area contributed by atoms with Gasteiger partial charge in [-0.3, -0.25) is 14.4 Å². The first-order valence-electron chi connectivity index (χ1n) is 16.2. The highest BCUT2D eigenvalue weighted by Gasteiger charge is 2.43. The van der Waals surface area contributed by atoms with Gasteiger partial charge in [0.1, 0.15) is 6.04 Å². The lowest BCUT2D eigenvalue weighted by Crippen LogP contribution is -2.56. The fourth-order valence-corrected chi connectivity index (χ4v) is 6.62. The number of carbonyl (C=O) groups is 4. The van der Waals surface area contributed by atoms with Gasteiger partial charge in [0.2, 0.25) is 17.7 Å². The maximum Gasteiger partial charge on any atom is 0.326 e. The summed E-state index contributed by atoms with van der Waals surface area (Å²) in [6.45, 7) is 10.3. The summed E-state index contributed by atoms with van der Waals surface area (Å²) >= 11 is 0. The lowest BCUT2D eigenvalue weighted by atomic mass is 9.89. The van der Waals surface area contributed by atoms with Gasteiger partial charge < -0.3 is 35.0 Å². The Kier molecular flexibility index (Phi) is 15.4. The summed E-state index contributed by atoms with van der Waals surface area (Å²) in [6.07, 6.45) is 1.25. The SMILES string of the molecule is CC[C@H](C)[C@@H]([C@@H](CC(=O)N1CCC[C@H]1[C@H](OC)[C@@H](C)C(=O)N[C@@H](Cc1ccccc1)C(=O)O)OC)N(C)C(=O)[C@@H](NC)C(C)C. The molecule has 11 heteroatoms. The van der Waals surface area contributed by atoms with E-state index in [9.17, 15) is 24.3 Å². The van der Waals surface area contributed by atoms with E-state index < -0.39 is 36.0 Å². The Hall–Kier alpha value is -3.02. The summed E-state index contributed by atoms with van der Waals surface area (Å²) < 4.78 is 11.8. The molecule has 3 amide bonds. The molecule has 8 atom stereocenters. The van der Waals surface area contributed by atoms with Gasteiger partial charge in [-0.05, 0) is 37.3 Å². The molecule has 1 fully saturated rings. The van der Waals surface area contributed by atoms with E-state index in [4.69, 9.17) is 9.47 Å². The molecular weight excluding hydrogens is 576 g/mol. The van der Waals surface area contributed by atoms with Crippen LogP contribution in [0.1, 0.15) is 65.9 Å². The number of amides is 3. The Labute approximate surface area is 269 Å². The molecule has 1 aromatic carbocycles. The predicted molar refractivity (Wildman–Crippen MR) is 174 cm³/mol. The number of likely N-dealkylation sites (tertiary alicyclic amines) is 1. The number of methoxy groups -OCH3 is 2. The van der Waals surface area contributed by atoms with Crippen LogP contribution in [-0.4, -0.2) is 110 Å². The van der Waals surface area contributed by atoms with Crippen LogP contribution in [0.25, 0.3) is 0 Å². The second kappa shape index (κ2) is 18.2. The number of nitrogens with one attached hydrogen (secondary N) is 2. The second-order valence-corrected chi connectivity index (χ2v) is 12.7. The number of carboxylic acid groups (broad SMARTS) is 1. The van der Waals surface area contributed by atoms with Crippen molar-refractivity contribution in [3.63, 3.8) is 0 Å². The van der Waals surface area contributed by atoms with Crippen molar-refractivity contribution in [2.45, 2.75) is 103 Å². The number of hydrogen-bond donors (Lipinski definition) is 3. The average Bonchev–Trinajstić information content (AvgIpc) is 3.50. The highest BCUT2D eigenvalue weighted by molar-refractivity contribution is 5.86. The molecule has 1 aromatic rings. The summed E-state index contributed by atoms with van der Waals surface area (Å²) in [5.74, 6) is -2.29. The van der Waals surface area contributed by atoms with Gasteiger partial charge in [0.25, 0.3) is 0 Å². The Morgan fingerprint density at radius 1 is 1.07 bits per heavy atom. The van der Waals surface area contributed by atoms with E-state index in [1.54, 1.807) is 37.9 Å². The fraction of sp³-hybridized carbons (Fsp3) is 0.706. The van der Waals surface area contributed by atoms with Crippen LogP contribution in [0.4, 0.5) is 0 Å². The lowest BCUT2D eigenvalue weighted by molar-refractivity contribution is -0.147. The third kappa shape index (κ3) is 9.98. The molecule has 11 nitrogen and oxygen atoms in total. The molecule has 1 aliphatic heterocycles. The Morgan fingerprint density at radius 3 is 2.22 bits per heavy atom. The highest BCUT2D eigenvalue weighted by Crippen LogP contribution is 2.29. The van der Waals surface area contributed by atoms with E-state index in [1.807, 2.05) is 44.2 Å². The molecule has 45 heavy (non-hydrogen) atoms. The van der Waals surface area contributed by atoms with Gasteiger partial charge >= 0.3 is 5.97 Å². The molecule has 1 aliphatic rings. The lowest BCUT2D eigenvalue weighted by Gasteiger charge is -2.40. The van der Waals surface area contributed by atoms with Gasteiger partial charge in [-0.1, -0.05) is 71.4 Å². The van der Waals surface area contributed by atoms with Crippen molar-refractivity contribution in [3.8, 4) is 0 Å². The summed E-state index contributed by atoms with van der Waals surface area (Å²) in [5, 5.41) is 15.6.